The molecule has 1 rings (SSSR count). The van der Waals surface area contributed by atoms with Crippen molar-refractivity contribution in [2.24, 2.45) is 0 Å². The van der Waals surface area contributed by atoms with Gasteiger partial charge in [-0.1, -0.05) is 0 Å². The number of carbonyl (C=O) groups excluding carboxylic acids is 1. The number of hydrogen-bond acceptors (Lipinski definition) is 3. The first-order chi connectivity index (χ1) is 7.08. The van der Waals surface area contributed by atoms with E-state index in [1.165, 1.54) is 6.92 Å². The summed E-state index contributed by atoms with van der Waals surface area (Å²) < 4.78 is 0. The van der Waals surface area contributed by atoms with Crippen LogP contribution >= 0.6 is 11.8 Å². The Bertz CT molecular complexity index is 322. The molecule has 1 atom stereocenters. The monoisotopic (exact) mass is 225 g/mol. The zero-order valence-electron chi connectivity index (χ0n) is 8.86. The van der Waals surface area contributed by atoms with Gasteiger partial charge in [-0.05, 0) is 31.2 Å². The van der Waals surface area contributed by atoms with E-state index < -0.39 is 0 Å². The van der Waals surface area contributed by atoms with Crippen molar-refractivity contribution >= 4 is 23.4 Å². The first-order valence-electron chi connectivity index (χ1n) is 4.76. The highest BCUT2D eigenvalue weighted by atomic mass is 32.2. The molecule has 1 aromatic carbocycles. The number of carbonyl (C=O) groups is 1. The van der Waals surface area contributed by atoms with Crippen LogP contribution in [0.4, 0.5) is 5.69 Å². The van der Waals surface area contributed by atoms with Crippen molar-refractivity contribution in [1.82, 2.24) is 0 Å². The van der Waals surface area contributed by atoms with Gasteiger partial charge in [0.2, 0.25) is 5.91 Å². The summed E-state index contributed by atoms with van der Waals surface area (Å²) in [7, 11) is 0. The summed E-state index contributed by atoms with van der Waals surface area (Å²) in [4.78, 5) is 11.9. The molecule has 0 aliphatic heterocycles. The molecule has 0 saturated carbocycles. The second-order valence-electron chi connectivity index (χ2n) is 3.37. The zero-order chi connectivity index (χ0) is 11.3. The van der Waals surface area contributed by atoms with E-state index in [4.69, 9.17) is 5.11 Å². The second-order valence-corrected chi connectivity index (χ2v) is 4.46. The van der Waals surface area contributed by atoms with Crippen LogP contribution in [0.1, 0.15) is 13.8 Å². The summed E-state index contributed by atoms with van der Waals surface area (Å²) in [5.41, 5.74) is 0.795. The molecular formula is C11H15NO2S. The van der Waals surface area contributed by atoms with E-state index in [9.17, 15) is 4.79 Å². The maximum absolute atomic E-state index is 10.8. The number of aliphatic hydroxyl groups excluding tert-OH is 1. The van der Waals surface area contributed by atoms with Crippen LogP contribution in [0.3, 0.4) is 0 Å². The highest BCUT2D eigenvalue weighted by Gasteiger charge is 1.99. The van der Waals surface area contributed by atoms with Crippen LogP contribution in [-0.4, -0.2) is 22.9 Å². The lowest BCUT2D eigenvalue weighted by Crippen LogP contribution is -2.05. The standard InChI is InChI=1S/C11H15NO2S/c1-8(13)7-15-11-5-3-10(4-6-11)12-9(2)14/h3-6,8,13H,7H2,1-2H3,(H,12,14). The third kappa shape index (κ3) is 4.85. The van der Waals surface area contributed by atoms with Crippen molar-refractivity contribution in [3.8, 4) is 0 Å². The van der Waals surface area contributed by atoms with Crippen molar-refractivity contribution < 1.29 is 9.90 Å². The number of amides is 1. The van der Waals surface area contributed by atoms with Crippen molar-refractivity contribution in [2.75, 3.05) is 11.1 Å². The average molecular weight is 225 g/mol. The van der Waals surface area contributed by atoms with Gasteiger partial charge in [-0.15, -0.1) is 11.8 Å². The number of thioether (sulfide) groups is 1. The fourth-order valence-electron chi connectivity index (χ4n) is 1.05. The lowest BCUT2D eigenvalue weighted by molar-refractivity contribution is -0.114. The normalized spacial score (nSPS) is 12.2. The number of benzene rings is 1. The topological polar surface area (TPSA) is 49.3 Å². The van der Waals surface area contributed by atoms with Gasteiger partial charge in [0.15, 0.2) is 0 Å². The van der Waals surface area contributed by atoms with Crippen molar-refractivity contribution in [2.45, 2.75) is 24.8 Å². The molecular weight excluding hydrogens is 210 g/mol. The predicted molar refractivity (Wildman–Crippen MR) is 63.2 cm³/mol. The quantitative estimate of drug-likeness (QED) is 0.772. The third-order valence-corrected chi connectivity index (χ3v) is 2.92. The molecule has 0 bridgehead atoms. The molecule has 3 nitrogen and oxygen atoms in total. The van der Waals surface area contributed by atoms with Crippen LogP contribution in [0.5, 0.6) is 0 Å². The van der Waals surface area contributed by atoms with Crippen LogP contribution in [0, 0.1) is 0 Å². The highest BCUT2D eigenvalue weighted by molar-refractivity contribution is 7.99. The van der Waals surface area contributed by atoms with Gasteiger partial charge in [0, 0.05) is 23.3 Å². The smallest absolute Gasteiger partial charge is 0.221 e. The van der Waals surface area contributed by atoms with Gasteiger partial charge < -0.3 is 10.4 Å². The minimum absolute atomic E-state index is 0.0700. The van der Waals surface area contributed by atoms with Crippen LogP contribution in [-0.2, 0) is 4.79 Å². The van der Waals surface area contributed by atoms with Crippen LogP contribution in [0.25, 0.3) is 0 Å². The number of anilines is 1. The largest absolute Gasteiger partial charge is 0.393 e. The molecule has 1 amide bonds. The fraction of sp³-hybridized carbons (Fsp3) is 0.364. The van der Waals surface area contributed by atoms with E-state index in [0.29, 0.717) is 5.75 Å². The minimum atomic E-state index is -0.301. The second kappa shape index (κ2) is 5.78. The minimum Gasteiger partial charge on any atom is -0.393 e. The molecule has 0 saturated heterocycles. The Morgan fingerprint density at radius 1 is 1.47 bits per heavy atom. The van der Waals surface area contributed by atoms with Crippen molar-refractivity contribution in [1.29, 1.82) is 0 Å². The van der Waals surface area contributed by atoms with E-state index in [1.54, 1.807) is 18.7 Å². The lowest BCUT2D eigenvalue weighted by Gasteiger charge is -2.05. The van der Waals surface area contributed by atoms with Gasteiger partial charge in [0.25, 0.3) is 0 Å². The number of rotatable bonds is 4. The van der Waals surface area contributed by atoms with Gasteiger partial charge >= 0.3 is 0 Å². The SMILES string of the molecule is CC(=O)Nc1ccc(SCC(C)O)cc1. The first kappa shape index (κ1) is 12.1. The fourth-order valence-corrected chi connectivity index (χ4v) is 1.82. The molecule has 15 heavy (non-hydrogen) atoms. The van der Waals surface area contributed by atoms with E-state index in [0.717, 1.165) is 10.6 Å². The summed E-state index contributed by atoms with van der Waals surface area (Å²) in [6.45, 7) is 3.24. The zero-order valence-corrected chi connectivity index (χ0v) is 9.67. The summed E-state index contributed by atoms with van der Waals surface area (Å²) in [6.07, 6.45) is -0.301. The molecule has 0 radical (unpaired) electrons. The van der Waals surface area contributed by atoms with Gasteiger partial charge in [-0.25, -0.2) is 0 Å². The van der Waals surface area contributed by atoms with Gasteiger partial charge in [0.1, 0.15) is 0 Å². The molecule has 0 spiro atoms. The van der Waals surface area contributed by atoms with Crippen molar-refractivity contribution in [3.63, 3.8) is 0 Å². The molecule has 0 aliphatic carbocycles. The summed E-state index contributed by atoms with van der Waals surface area (Å²) >= 11 is 1.59. The van der Waals surface area contributed by atoms with E-state index >= 15 is 0 Å². The summed E-state index contributed by atoms with van der Waals surface area (Å²) in [5.74, 6) is 0.610. The lowest BCUT2D eigenvalue weighted by atomic mass is 10.3. The van der Waals surface area contributed by atoms with E-state index in [-0.39, 0.29) is 12.0 Å². The number of aliphatic hydroxyl groups is 1. The molecule has 4 heteroatoms. The molecule has 2 N–H and O–H groups in total. The average Bonchev–Trinajstić information content (AvgIpc) is 2.16. The molecule has 1 unspecified atom stereocenters. The maximum Gasteiger partial charge on any atom is 0.221 e. The summed E-state index contributed by atoms with van der Waals surface area (Å²) in [6, 6.07) is 7.56. The highest BCUT2D eigenvalue weighted by Crippen LogP contribution is 2.20. The Balaban J connectivity index is 2.52. The van der Waals surface area contributed by atoms with E-state index in [2.05, 4.69) is 5.32 Å². The summed E-state index contributed by atoms with van der Waals surface area (Å²) in [5, 5.41) is 11.8. The molecule has 0 heterocycles. The van der Waals surface area contributed by atoms with Crippen LogP contribution in [0.15, 0.2) is 29.2 Å². The third-order valence-electron chi connectivity index (χ3n) is 1.67. The first-order valence-corrected chi connectivity index (χ1v) is 5.75. The Morgan fingerprint density at radius 3 is 2.53 bits per heavy atom. The number of nitrogens with one attached hydrogen (secondary N) is 1. The van der Waals surface area contributed by atoms with E-state index in [1.807, 2.05) is 24.3 Å². The van der Waals surface area contributed by atoms with Gasteiger partial charge in [0.05, 0.1) is 6.10 Å². The Kier molecular flexibility index (Phi) is 4.65. The molecule has 0 aromatic heterocycles. The van der Waals surface area contributed by atoms with Gasteiger partial charge in [-0.3, -0.25) is 4.79 Å². The maximum atomic E-state index is 10.8. The van der Waals surface area contributed by atoms with Crippen LogP contribution < -0.4 is 5.32 Å². The molecule has 82 valence electrons. The molecule has 0 aliphatic rings. The molecule has 0 fully saturated rings. The Labute approximate surface area is 93.9 Å². The Hall–Kier alpha value is -1.00. The van der Waals surface area contributed by atoms with Gasteiger partial charge in [-0.2, -0.15) is 0 Å². The predicted octanol–water partition coefficient (Wildman–Crippen LogP) is 2.12. The van der Waals surface area contributed by atoms with Crippen molar-refractivity contribution in [3.05, 3.63) is 24.3 Å². The Morgan fingerprint density at radius 2 is 2.07 bits per heavy atom. The van der Waals surface area contributed by atoms with Crippen LogP contribution in [0.2, 0.25) is 0 Å². The molecule has 1 aromatic rings. The number of hydrogen-bond donors (Lipinski definition) is 2.